The van der Waals surface area contributed by atoms with Crippen LogP contribution in [0.5, 0.6) is 0 Å². The topological polar surface area (TPSA) is 38.7 Å². The number of aryl methyl sites for hydroxylation is 1. The molecule has 1 heterocycles. The van der Waals surface area contributed by atoms with E-state index in [-0.39, 0.29) is 6.29 Å². The molecule has 1 fully saturated rings. The molecule has 0 spiro atoms. The molecule has 1 atom stereocenters. The van der Waals surface area contributed by atoms with Gasteiger partial charge in [-0.2, -0.15) is 0 Å². The van der Waals surface area contributed by atoms with Crippen molar-refractivity contribution >= 4 is 0 Å². The zero-order valence-electron chi connectivity index (χ0n) is 10.3. The van der Waals surface area contributed by atoms with Crippen LogP contribution in [0.2, 0.25) is 0 Å². The van der Waals surface area contributed by atoms with Crippen molar-refractivity contribution in [3.63, 3.8) is 0 Å². The second-order valence-corrected chi connectivity index (χ2v) is 4.47. The molecule has 2 rings (SSSR count). The maximum atomic E-state index is 10.1. The van der Waals surface area contributed by atoms with Crippen LogP contribution in [0.15, 0.2) is 24.3 Å². The summed E-state index contributed by atoms with van der Waals surface area (Å²) in [6.07, 6.45) is 1.83. The third-order valence-electron chi connectivity index (χ3n) is 3.12. The first-order valence-corrected chi connectivity index (χ1v) is 6.24. The number of aliphatic hydroxyl groups is 1. The predicted molar refractivity (Wildman–Crippen MR) is 65.7 cm³/mol. The highest BCUT2D eigenvalue weighted by molar-refractivity contribution is 5.27. The third-order valence-corrected chi connectivity index (χ3v) is 3.12. The SMILES string of the molecule is Cc1ccccc1[C@@H](O)CCC1OCCCO1. The lowest BCUT2D eigenvalue weighted by Crippen LogP contribution is -2.25. The first kappa shape index (κ1) is 12.6. The van der Waals surface area contributed by atoms with Crippen molar-refractivity contribution in [3.8, 4) is 0 Å². The van der Waals surface area contributed by atoms with Gasteiger partial charge < -0.3 is 14.6 Å². The van der Waals surface area contributed by atoms with Gasteiger partial charge >= 0.3 is 0 Å². The fourth-order valence-electron chi connectivity index (χ4n) is 2.11. The van der Waals surface area contributed by atoms with Gasteiger partial charge in [-0.05, 0) is 30.9 Å². The lowest BCUT2D eigenvalue weighted by molar-refractivity contribution is -0.183. The Morgan fingerprint density at radius 2 is 2.00 bits per heavy atom. The van der Waals surface area contributed by atoms with Gasteiger partial charge in [-0.1, -0.05) is 24.3 Å². The Labute approximate surface area is 102 Å². The first-order valence-electron chi connectivity index (χ1n) is 6.24. The van der Waals surface area contributed by atoms with Crippen LogP contribution < -0.4 is 0 Å². The molecule has 3 heteroatoms. The van der Waals surface area contributed by atoms with Gasteiger partial charge in [0.2, 0.25) is 0 Å². The van der Waals surface area contributed by atoms with E-state index in [9.17, 15) is 5.11 Å². The Kier molecular flexibility index (Phi) is 4.54. The molecule has 94 valence electrons. The number of hydrogen-bond donors (Lipinski definition) is 1. The minimum Gasteiger partial charge on any atom is -0.388 e. The van der Waals surface area contributed by atoms with Crippen LogP contribution in [0, 0.1) is 6.92 Å². The summed E-state index contributed by atoms with van der Waals surface area (Å²) in [5.74, 6) is 0. The Balaban J connectivity index is 1.84. The van der Waals surface area contributed by atoms with Gasteiger partial charge in [0.15, 0.2) is 6.29 Å². The van der Waals surface area contributed by atoms with E-state index in [0.717, 1.165) is 37.2 Å². The van der Waals surface area contributed by atoms with Gasteiger partial charge in [0.05, 0.1) is 19.3 Å². The maximum absolute atomic E-state index is 10.1. The summed E-state index contributed by atoms with van der Waals surface area (Å²) in [6.45, 7) is 3.56. The smallest absolute Gasteiger partial charge is 0.157 e. The lowest BCUT2D eigenvalue weighted by Gasteiger charge is -2.24. The van der Waals surface area contributed by atoms with E-state index in [4.69, 9.17) is 9.47 Å². The summed E-state index contributed by atoms with van der Waals surface area (Å²) in [4.78, 5) is 0. The van der Waals surface area contributed by atoms with E-state index >= 15 is 0 Å². The van der Waals surface area contributed by atoms with E-state index < -0.39 is 6.10 Å². The highest BCUT2D eigenvalue weighted by Crippen LogP contribution is 2.23. The minimum atomic E-state index is -0.426. The lowest BCUT2D eigenvalue weighted by atomic mass is 10.00. The van der Waals surface area contributed by atoms with Crippen LogP contribution in [0.25, 0.3) is 0 Å². The normalized spacial score (nSPS) is 19.2. The average molecular weight is 236 g/mol. The molecule has 1 aliphatic heterocycles. The van der Waals surface area contributed by atoms with Gasteiger partial charge in [-0.3, -0.25) is 0 Å². The van der Waals surface area contributed by atoms with Crippen LogP contribution in [-0.2, 0) is 9.47 Å². The van der Waals surface area contributed by atoms with Crippen molar-refractivity contribution in [1.29, 1.82) is 0 Å². The van der Waals surface area contributed by atoms with E-state index in [1.165, 1.54) is 0 Å². The van der Waals surface area contributed by atoms with E-state index in [0.29, 0.717) is 6.42 Å². The van der Waals surface area contributed by atoms with Crippen molar-refractivity contribution in [2.75, 3.05) is 13.2 Å². The van der Waals surface area contributed by atoms with Crippen LogP contribution in [-0.4, -0.2) is 24.6 Å². The Morgan fingerprint density at radius 3 is 2.71 bits per heavy atom. The van der Waals surface area contributed by atoms with Crippen LogP contribution in [0.4, 0.5) is 0 Å². The summed E-state index contributed by atoms with van der Waals surface area (Å²) in [7, 11) is 0. The highest BCUT2D eigenvalue weighted by atomic mass is 16.7. The molecule has 3 nitrogen and oxygen atoms in total. The van der Waals surface area contributed by atoms with Gasteiger partial charge in [-0.25, -0.2) is 0 Å². The third kappa shape index (κ3) is 3.53. The molecule has 0 aromatic heterocycles. The summed E-state index contributed by atoms with van der Waals surface area (Å²) >= 11 is 0. The fourth-order valence-corrected chi connectivity index (χ4v) is 2.11. The molecule has 1 aromatic carbocycles. The van der Waals surface area contributed by atoms with Gasteiger partial charge in [0, 0.05) is 6.42 Å². The quantitative estimate of drug-likeness (QED) is 0.873. The molecule has 0 aliphatic carbocycles. The average Bonchev–Trinajstić information content (AvgIpc) is 2.38. The second kappa shape index (κ2) is 6.15. The number of benzene rings is 1. The summed E-state index contributed by atoms with van der Waals surface area (Å²) in [5, 5.41) is 10.1. The molecule has 0 amide bonds. The van der Waals surface area contributed by atoms with Crippen LogP contribution in [0.3, 0.4) is 0 Å². The van der Waals surface area contributed by atoms with Crippen molar-refractivity contribution in [3.05, 3.63) is 35.4 Å². The predicted octanol–water partition coefficient (Wildman–Crippen LogP) is 2.57. The molecule has 1 N–H and O–H groups in total. The van der Waals surface area contributed by atoms with Crippen LogP contribution in [0.1, 0.15) is 36.5 Å². The largest absolute Gasteiger partial charge is 0.388 e. The Bertz CT molecular complexity index is 345. The molecular formula is C14H20O3. The van der Waals surface area contributed by atoms with Crippen molar-refractivity contribution in [1.82, 2.24) is 0 Å². The molecule has 1 saturated heterocycles. The standard InChI is InChI=1S/C14H20O3/c1-11-5-2-3-6-12(11)13(15)7-8-14-16-9-4-10-17-14/h2-3,5-6,13-15H,4,7-10H2,1H3/t13-/m0/s1. The monoisotopic (exact) mass is 236 g/mol. The van der Waals surface area contributed by atoms with Crippen molar-refractivity contribution in [2.45, 2.75) is 38.6 Å². The number of ether oxygens (including phenoxy) is 2. The van der Waals surface area contributed by atoms with E-state index in [1.54, 1.807) is 0 Å². The molecule has 1 aromatic rings. The molecule has 17 heavy (non-hydrogen) atoms. The minimum absolute atomic E-state index is 0.137. The van der Waals surface area contributed by atoms with Crippen molar-refractivity contribution in [2.24, 2.45) is 0 Å². The zero-order chi connectivity index (χ0) is 12.1. The fraction of sp³-hybridized carbons (Fsp3) is 0.571. The second-order valence-electron chi connectivity index (χ2n) is 4.47. The first-order chi connectivity index (χ1) is 8.27. The molecule has 1 aliphatic rings. The zero-order valence-corrected chi connectivity index (χ0v) is 10.3. The van der Waals surface area contributed by atoms with Crippen LogP contribution >= 0.6 is 0 Å². The molecule has 0 bridgehead atoms. The molecule has 0 radical (unpaired) electrons. The molecule has 0 saturated carbocycles. The molecule has 0 unspecified atom stereocenters. The Morgan fingerprint density at radius 1 is 1.29 bits per heavy atom. The number of rotatable bonds is 4. The van der Waals surface area contributed by atoms with Gasteiger partial charge in [-0.15, -0.1) is 0 Å². The Hall–Kier alpha value is -0.900. The number of aliphatic hydroxyl groups excluding tert-OH is 1. The maximum Gasteiger partial charge on any atom is 0.157 e. The highest BCUT2D eigenvalue weighted by Gasteiger charge is 2.17. The van der Waals surface area contributed by atoms with E-state index in [2.05, 4.69) is 0 Å². The van der Waals surface area contributed by atoms with Gasteiger partial charge in [0.25, 0.3) is 0 Å². The van der Waals surface area contributed by atoms with E-state index in [1.807, 2.05) is 31.2 Å². The molecular weight excluding hydrogens is 216 g/mol. The number of hydrogen-bond acceptors (Lipinski definition) is 3. The van der Waals surface area contributed by atoms with Crippen molar-refractivity contribution < 1.29 is 14.6 Å². The summed E-state index contributed by atoms with van der Waals surface area (Å²) < 4.78 is 10.9. The van der Waals surface area contributed by atoms with Gasteiger partial charge in [0.1, 0.15) is 0 Å². The summed E-state index contributed by atoms with van der Waals surface area (Å²) in [5.41, 5.74) is 2.13. The summed E-state index contributed by atoms with van der Waals surface area (Å²) in [6, 6.07) is 7.94.